The summed E-state index contributed by atoms with van der Waals surface area (Å²) in [7, 11) is 4.20. The quantitative estimate of drug-likeness (QED) is 0.535. The molecule has 1 saturated heterocycles. The number of carbonyl (C=O) groups excluding carboxylic acids is 1. The smallest absolute Gasteiger partial charge is 0.274 e. The molecule has 31 heavy (non-hydrogen) atoms. The lowest BCUT2D eigenvalue weighted by Crippen LogP contribution is -2.44. The first-order valence-corrected chi connectivity index (χ1v) is 10.6. The zero-order valence-corrected chi connectivity index (χ0v) is 17.8. The zero-order chi connectivity index (χ0) is 21.5. The standard InChI is InChI=1S/C24H26N6O/c1-29(2)18-8-11-30(12-9-18)24(31)22-20-14-17(5-6-21(20)27-28-22)16-4-3-15-7-10-26-23(25)19(15)13-16/h3-7,10,13-14,18H,8-9,11-12H2,1-2H3,(H2,25,26)(H,27,28). The molecule has 3 heterocycles. The normalized spacial score (nSPS) is 15.3. The van der Waals surface area contributed by atoms with Crippen LogP contribution in [0.5, 0.6) is 0 Å². The summed E-state index contributed by atoms with van der Waals surface area (Å²) in [4.78, 5) is 21.6. The minimum absolute atomic E-state index is 0.00689. The van der Waals surface area contributed by atoms with Crippen LogP contribution in [0.25, 0.3) is 32.8 Å². The lowest BCUT2D eigenvalue weighted by Gasteiger charge is -2.34. The largest absolute Gasteiger partial charge is 0.383 e. The number of nitrogens with one attached hydrogen (secondary N) is 1. The van der Waals surface area contributed by atoms with Gasteiger partial charge >= 0.3 is 0 Å². The molecule has 158 valence electrons. The molecule has 7 heteroatoms. The van der Waals surface area contributed by atoms with Crippen LogP contribution in [0.1, 0.15) is 23.3 Å². The van der Waals surface area contributed by atoms with E-state index in [-0.39, 0.29) is 5.91 Å². The van der Waals surface area contributed by atoms with Crippen molar-refractivity contribution in [2.75, 3.05) is 32.9 Å². The first kappa shape index (κ1) is 19.5. The molecule has 2 aromatic carbocycles. The molecule has 4 aromatic rings. The van der Waals surface area contributed by atoms with Crippen LogP contribution in [0, 0.1) is 0 Å². The molecule has 0 unspecified atom stereocenters. The van der Waals surface area contributed by atoms with Crippen molar-refractivity contribution in [3.63, 3.8) is 0 Å². The van der Waals surface area contributed by atoms with Gasteiger partial charge in [-0.25, -0.2) is 4.98 Å². The predicted molar refractivity (Wildman–Crippen MR) is 124 cm³/mol. The molecule has 0 bridgehead atoms. The van der Waals surface area contributed by atoms with Crippen LogP contribution in [0.2, 0.25) is 0 Å². The lowest BCUT2D eigenvalue weighted by molar-refractivity contribution is 0.0659. The van der Waals surface area contributed by atoms with Gasteiger partial charge < -0.3 is 15.5 Å². The highest BCUT2D eigenvalue weighted by Crippen LogP contribution is 2.30. The van der Waals surface area contributed by atoms with Gasteiger partial charge in [0.25, 0.3) is 5.91 Å². The Morgan fingerprint density at radius 3 is 2.52 bits per heavy atom. The third kappa shape index (κ3) is 3.51. The summed E-state index contributed by atoms with van der Waals surface area (Å²) in [5, 5.41) is 10.2. The number of likely N-dealkylation sites (tertiary alicyclic amines) is 1. The molecule has 2 aromatic heterocycles. The van der Waals surface area contributed by atoms with E-state index >= 15 is 0 Å². The number of rotatable bonds is 3. The van der Waals surface area contributed by atoms with E-state index < -0.39 is 0 Å². The van der Waals surface area contributed by atoms with Crippen LogP contribution in [0.3, 0.4) is 0 Å². The number of nitrogens with two attached hydrogens (primary N) is 1. The number of fused-ring (bicyclic) bond motifs is 2. The van der Waals surface area contributed by atoms with E-state index in [0.29, 0.717) is 17.6 Å². The fourth-order valence-electron chi connectivity index (χ4n) is 4.46. The SMILES string of the molecule is CN(C)C1CCN(C(=O)c2n[nH]c3ccc(-c4ccc5ccnc(N)c5c4)cc23)CC1. The molecule has 3 N–H and O–H groups in total. The molecule has 7 nitrogen and oxygen atoms in total. The molecule has 0 radical (unpaired) electrons. The summed E-state index contributed by atoms with van der Waals surface area (Å²) in [5.41, 5.74) is 9.46. The average Bonchev–Trinajstić information content (AvgIpc) is 3.22. The molecule has 0 spiro atoms. The Balaban J connectivity index is 1.48. The second-order valence-electron chi connectivity index (χ2n) is 8.45. The zero-order valence-electron chi connectivity index (χ0n) is 17.8. The molecule has 5 rings (SSSR count). The van der Waals surface area contributed by atoms with Crippen LogP contribution in [-0.4, -0.2) is 64.1 Å². The molecule has 0 aliphatic carbocycles. The maximum atomic E-state index is 13.2. The van der Waals surface area contributed by atoms with Crippen molar-refractivity contribution in [1.29, 1.82) is 0 Å². The van der Waals surface area contributed by atoms with Crippen molar-refractivity contribution in [3.8, 4) is 11.1 Å². The van der Waals surface area contributed by atoms with Crippen molar-refractivity contribution in [1.82, 2.24) is 25.0 Å². The average molecular weight is 415 g/mol. The molecule has 1 aliphatic rings. The van der Waals surface area contributed by atoms with Crippen LogP contribution >= 0.6 is 0 Å². The summed E-state index contributed by atoms with van der Waals surface area (Å²) in [6.45, 7) is 1.51. The fraction of sp³-hybridized carbons (Fsp3) is 0.292. The van der Waals surface area contributed by atoms with Gasteiger partial charge in [0, 0.05) is 36.1 Å². The number of piperidine rings is 1. The predicted octanol–water partition coefficient (Wildman–Crippen LogP) is 3.53. The summed E-state index contributed by atoms with van der Waals surface area (Å²) in [6.07, 6.45) is 3.69. The number of aromatic nitrogens is 3. The van der Waals surface area contributed by atoms with E-state index in [1.54, 1.807) is 6.20 Å². The van der Waals surface area contributed by atoms with Crippen molar-refractivity contribution in [2.24, 2.45) is 0 Å². The van der Waals surface area contributed by atoms with Crippen LogP contribution < -0.4 is 5.73 Å². The fourth-order valence-corrected chi connectivity index (χ4v) is 4.46. The number of benzene rings is 2. The van der Waals surface area contributed by atoms with Gasteiger partial charge in [-0.2, -0.15) is 5.10 Å². The van der Waals surface area contributed by atoms with Gasteiger partial charge in [-0.3, -0.25) is 9.89 Å². The van der Waals surface area contributed by atoms with E-state index in [1.807, 2.05) is 41.3 Å². The number of carbonyl (C=O) groups is 1. The molecular weight excluding hydrogens is 388 g/mol. The van der Waals surface area contributed by atoms with Gasteiger partial charge in [-0.15, -0.1) is 0 Å². The van der Waals surface area contributed by atoms with Gasteiger partial charge in [0.2, 0.25) is 0 Å². The van der Waals surface area contributed by atoms with Crippen LogP contribution in [-0.2, 0) is 0 Å². The number of hydrogen-bond donors (Lipinski definition) is 2. The Kier molecular flexibility index (Phi) is 4.82. The van der Waals surface area contributed by atoms with Crippen molar-refractivity contribution >= 4 is 33.4 Å². The Labute approximate surface area is 180 Å². The Hall–Kier alpha value is -3.45. The topological polar surface area (TPSA) is 91.1 Å². The minimum atomic E-state index is -0.00689. The maximum Gasteiger partial charge on any atom is 0.274 e. The highest BCUT2D eigenvalue weighted by atomic mass is 16.2. The van der Waals surface area contributed by atoms with Crippen molar-refractivity contribution in [3.05, 3.63) is 54.4 Å². The highest BCUT2D eigenvalue weighted by molar-refractivity contribution is 6.06. The first-order valence-electron chi connectivity index (χ1n) is 10.6. The number of H-pyrrole nitrogens is 1. The number of hydrogen-bond acceptors (Lipinski definition) is 5. The molecule has 1 fully saturated rings. The van der Waals surface area contributed by atoms with Crippen LogP contribution in [0.4, 0.5) is 5.82 Å². The molecule has 1 aliphatic heterocycles. The third-order valence-corrected chi connectivity index (χ3v) is 6.38. The number of nitrogen functional groups attached to an aromatic ring is 1. The number of amides is 1. The monoisotopic (exact) mass is 414 g/mol. The lowest BCUT2D eigenvalue weighted by atomic mass is 9.99. The second kappa shape index (κ2) is 7.67. The van der Waals surface area contributed by atoms with Crippen LogP contribution in [0.15, 0.2) is 48.7 Å². The summed E-state index contributed by atoms with van der Waals surface area (Å²) in [6, 6.07) is 14.7. The molecule has 0 saturated carbocycles. The van der Waals surface area contributed by atoms with Gasteiger partial charge in [-0.1, -0.05) is 18.2 Å². The highest BCUT2D eigenvalue weighted by Gasteiger charge is 2.27. The van der Waals surface area contributed by atoms with Gasteiger partial charge in [-0.05, 0) is 67.7 Å². The van der Waals surface area contributed by atoms with Gasteiger partial charge in [0.05, 0.1) is 5.52 Å². The van der Waals surface area contributed by atoms with E-state index in [2.05, 4.69) is 40.2 Å². The van der Waals surface area contributed by atoms with Gasteiger partial charge in [0.15, 0.2) is 5.69 Å². The summed E-state index contributed by atoms with van der Waals surface area (Å²) >= 11 is 0. The number of anilines is 1. The third-order valence-electron chi connectivity index (χ3n) is 6.38. The molecular formula is C24H26N6O. The number of pyridine rings is 1. The van der Waals surface area contributed by atoms with Crippen molar-refractivity contribution < 1.29 is 4.79 Å². The summed E-state index contributed by atoms with van der Waals surface area (Å²) < 4.78 is 0. The molecule has 1 amide bonds. The Bertz CT molecular complexity index is 1270. The first-order chi connectivity index (χ1) is 15.0. The van der Waals surface area contributed by atoms with E-state index in [1.165, 1.54) is 0 Å². The van der Waals surface area contributed by atoms with E-state index in [9.17, 15) is 4.79 Å². The van der Waals surface area contributed by atoms with Gasteiger partial charge in [0.1, 0.15) is 5.82 Å². The number of aromatic amines is 1. The second-order valence-corrected chi connectivity index (χ2v) is 8.45. The molecule has 0 atom stereocenters. The van der Waals surface area contributed by atoms with E-state index in [4.69, 9.17) is 5.73 Å². The number of nitrogens with zero attached hydrogens (tertiary/aromatic N) is 4. The Morgan fingerprint density at radius 2 is 1.77 bits per heavy atom. The van der Waals surface area contributed by atoms with Crippen molar-refractivity contribution in [2.45, 2.75) is 18.9 Å². The minimum Gasteiger partial charge on any atom is -0.383 e. The maximum absolute atomic E-state index is 13.2. The Morgan fingerprint density at radius 1 is 1.06 bits per heavy atom. The summed E-state index contributed by atoms with van der Waals surface area (Å²) in [5.74, 6) is 0.508. The van der Waals surface area contributed by atoms with E-state index in [0.717, 1.165) is 58.7 Å².